The first-order chi connectivity index (χ1) is 10.3. The minimum atomic E-state index is -4.57. The van der Waals surface area contributed by atoms with Crippen molar-refractivity contribution >= 4 is 51.6 Å². The number of carbonyl (C=O) groups excluding carboxylic acids is 2. The Morgan fingerprint density at radius 2 is 1.35 bits per heavy atom. The number of hydrogen-bond acceptors (Lipinski definition) is 6. The molecular formula is C14H19NaO7S. The van der Waals surface area contributed by atoms with E-state index in [1.165, 1.54) is 6.07 Å². The fourth-order valence-electron chi connectivity index (χ4n) is 1.54. The van der Waals surface area contributed by atoms with Crippen LogP contribution in [-0.2, 0) is 19.6 Å². The Morgan fingerprint density at radius 3 is 1.65 bits per heavy atom. The Balaban J connectivity index is 0.00000484. The van der Waals surface area contributed by atoms with Crippen LogP contribution in [0.2, 0.25) is 0 Å². The van der Waals surface area contributed by atoms with Crippen molar-refractivity contribution in [1.29, 1.82) is 0 Å². The number of rotatable bonds is 7. The van der Waals surface area contributed by atoms with E-state index in [1.807, 2.05) is 0 Å². The number of ether oxygens (including phenoxy) is 2. The average molecular weight is 354 g/mol. The summed E-state index contributed by atoms with van der Waals surface area (Å²) in [7, 11) is -4.57. The summed E-state index contributed by atoms with van der Waals surface area (Å²) in [6.45, 7) is 3.92. The fraction of sp³-hybridized carbons (Fsp3) is 0.429. The third-order valence-electron chi connectivity index (χ3n) is 2.55. The van der Waals surface area contributed by atoms with Gasteiger partial charge >= 0.3 is 41.5 Å². The second kappa shape index (κ2) is 10.0. The molecule has 7 nitrogen and oxygen atoms in total. The van der Waals surface area contributed by atoms with Crippen LogP contribution in [0.3, 0.4) is 0 Å². The number of benzene rings is 1. The van der Waals surface area contributed by atoms with E-state index in [9.17, 15) is 18.0 Å². The summed E-state index contributed by atoms with van der Waals surface area (Å²) in [5, 5.41) is 0. The summed E-state index contributed by atoms with van der Waals surface area (Å²) in [6, 6.07) is 3.07. The van der Waals surface area contributed by atoms with Crippen molar-refractivity contribution in [2.24, 2.45) is 0 Å². The van der Waals surface area contributed by atoms with E-state index >= 15 is 0 Å². The van der Waals surface area contributed by atoms with Gasteiger partial charge in [0, 0.05) is 0 Å². The van der Waals surface area contributed by atoms with Gasteiger partial charge in [0.05, 0.1) is 29.2 Å². The van der Waals surface area contributed by atoms with Gasteiger partial charge in [-0.05, 0) is 31.0 Å². The van der Waals surface area contributed by atoms with Crippen molar-refractivity contribution in [3.63, 3.8) is 0 Å². The van der Waals surface area contributed by atoms with E-state index in [0.717, 1.165) is 12.1 Å². The Labute approximate surface area is 157 Å². The summed E-state index contributed by atoms with van der Waals surface area (Å²) in [5.74, 6) is -1.56. The molecular weight excluding hydrogens is 335 g/mol. The van der Waals surface area contributed by atoms with Gasteiger partial charge in [-0.3, -0.25) is 4.55 Å². The molecule has 0 aliphatic rings. The van der Waals surface area contributed by atoms with E-state index in [2.05, 4.69) is 0 Å². The molecule has 1 rings (SSSR count). The molecule has 0 spiro atoms. The van der Waals surface area contributed by atoms with Crippen molar-refractivity contribution in [3.05, 3.63) is 29.3 Å². The molecule has 0 aliphatic heterocycles. The molecule has 23 heavy (non-hydrogen) atoms. The molecule has 0 radical (unpaired) electrons. The van der Waals surface area contributed by atoms with Crippen molar-refractivity contribution in [2.45, 2.75) is 31.6 Å². The molecule has 0 fully saturated rings. The van der Waals surface area contributed by atoms with Gasteiger partial charge < -0.3 is 9.47 Å². The Morgan fingerprint density at radius 1 is 0.957 bits per heavy atom. The second-order valence-corrected chi connectivity index (χ2v) is 5.91. The van der Waals surface area contributed by atoms with Crippen molar-refractivity contribution < 1.29 is 32.0 Å². The second-order valence-electron chi connectivity index (χ2n) is 4.49. The summed E-state index contributed by atoms with van der Waals surface area (Å²) in [5.41, 5.74) is -0.293. The Hall–Kier alpha value is -0.930. The van der Waals surface area contributed by atoms with Crippen LogP contribution < -0.4 is 0 Å². The Kier molecular flexibility index (Phi) is 9.64. The molecule has 9 heteroatoms. The fourth-order valence-corrected chi connectivity index (χ4v) is 2.09. The summed E-state index contributed by atoms with van der Waals surface area (Å²) in [4.78, 5) is 23.1. The van der Waals surface area contributed by atoms with E-state index < -0.39 is 27.0 Å². The van der Waals surface area contributed by atoms with Crippen molar-refractivity contribution in [2.75, 3.05) is 13.2 Å². The molecule has 1 aromatic carbocycles. The topological polar surface area (TPSA) is 107 Å². The molecule has 1 N–H and O–H groups in total. The van der Waals surface area contributed by atoms with Crippen LogP contribution in [0, 0.1) is 0 Å². The SMILES string of the molecule is CCCOC(=O)c1cc(C(=O)OCCC)cc(S(=O)(=O)O)c1.[NaH]. The molecule has 0 unspecified atom stereocenters. The normalized spacial score (nSPS) is 10.6. The van der Waals surface area contributed by atoms with Gasteiger partial charge in [-0.1, -0.05) is 13.8 Å². The van der Waals surface area contributed by atoms with Crippen LogP contribution in [0.15, 0.2) is 23.1 Å². The van der Waals surface area contributed by atoms with Crippen molar-refractivity contribution in [1.82, 2.24) is 0 Å². The molecule has 0 bridgehead atoms. The molecule has 0 saturated heterocycles. The maximum absolute atomic E-state index is 11.8. The van der Waals surface area contributed by atoms with Crippen LogP contribution in [0.5, 0.6) is 0 Å². The van der Waals surface area contributed by atoms with E-state index in [1.54, 1.807) is 13.8 Å². The van der Waals surface area contributed by atoms with E-state index in [4.69, 9.17) is 14.0 Å². The first kappa shape index (κ1) is 22.1. The monoisotopic (exact) mass is 354 g/mol. The van der Waals surface area contributed by atoms with Gasteiger partial charge in [0.15, 0.2) is 0 Å². The molecule has 0 aromatic heterocycles. The van der Waals surface area contributed by atoms with Gasteiger partial charge in [-0.2, -0.15) is 8.42 Å². The molecule has 0 aliphatic carbocycles. The predicted molar refractivity (Wildman–Crippen MR) is 84.6 cm³/mol. The number of esters is 2. The third-order valence-corrected chi connectivity index (χ3v) is 3.38. The summed E-state index contributed by atoms with van der Waals surface area (Å²) < 4.78 is 41.4. The zero-order valence-corrected chi connectivity index (χ0v) is 13.2. The van der Waals surface area contributed by atoms with Gasteiger partial charge in [-0.25, -0.2) is 9.59 Å². The minimum absolute atomic E-state index is 0. The van der Waals surface area contributed by atoms with Crippen LogP contribution in [-0.4, -0.2) is 67.7 Å². The zero-order valence-electron chi connectivity index (χ0n) is 12.4. The Bertz CT molecular complexity index is 617. The first-order valence-electron chi connectivity index (χ1n) is 6.76. The van der Waals surface area contributed by atoms with Crippen LogP contribution in [0.25, 0.3) is 0 Å². The van der Waals surface area contributed by atoms with Gasteiger partial charge in [-0.15, -0.1) is 0 Å². The third kappa shape index (κ3) is 7.01. The predicted octanol–water partition coefficient (Wildman–Crippen LogP) is 1.42. The molecule has 0 atom stereocenters. The van der Waals surface area contributed by atoms with Gasteiger partial charge in [0.25, 0.3) is 10.1 Å². The summed E-state index contributed by atoms with van der Waals surface area (Å²) in [6.07, 6.45) is 1.18. The zero-order chi connectivity index (χ0) is 16.8. The molecule has 124 valence electrons. The standard InChI is InChI=1S/C14H18O7S.Na.H/c1-3-5-20-13(15)10-7-11(14(16)21-6-4-2)9-12(8-10)22(17,18)19;;/h7-9H,3-6H2,1-2H3,(H,17,18,19);;. The van der Waals surface area contributed by atoms with Crippen LogP contribution in [0.4, 0.5) is 0 Å². The molecule has 0 saturated carbocycles. The first-order valence-corrected chi connectivity index (χ1v) is 8.20. The number of carbonyl (C=O) groups is 2. The van der Waals surface area contributed by atoms with E-state index in [-0.39, 0.29) is 53.9 Å². The van der Waals surface area contributed by atoms with Crippen LogP contribution in [0.1, 0.15) is 47.4 Å². The van der Waals surface area contributed by atoms with Crippen molar-refractivity contribution in [3.8, 4) is 0 Å². The summed E-state index contributed by atoms with van der Waals surface area (Å²) >= 11 is 0. The quantitative estimate of drug-likeness (QED) is 0.448. The molecule has 1 aromatic rings. The molecule has 0 amide bonds. The molecule has 0 heterocycles. The van der Waals surface area contributed by atoms with E-state index in [0.29, 0.717) is 12.8 Å². The van der Waals surface area contributed by atoms with Crippen LogP contribution >= 0.6 is 0 Å². The maximum atomic E-state index is 11.8. The van der Waals surface area contributed by atoms with Gasteiger partial charge in [0.1, 0.15) is 0 Å². The number of hydrogen-bond donors (Lipinski definition) is 1. The van der Waals surface area contributed by atoms with Gasteiger partial charge in [0.2, 0.25) is 0 Å². The average Bonchev–Trinajstić information content (AvgIpc) is 2.48.